The molecule has 1 aliphatic carbocycles. The van der Waals surface area contributed by atoms with E-state index in [0.29, 0.717) is 10.6 Å². The number of anilines is 1. The first-order chi connectivity index (χ1) is 14.5. The number of rotatable bonds is 9. The first-order valence-electron chi connectivity index (χ1n) is 9.62. The molecule has 0 unspecified atom stereocenters. The zero-order valence-corrected chi connectivity index (χ0v) is 18.4. The third-order valence-electron chi connectivity index (χ3n) is 4.82. The van der Waals surface area contributed by atoms with Crippen LogP contribution < -0.4 is 11.1 Å². The number of aromatic nitrogens is 2. The molecule has 2 heterocycles. The average molecular weight is 481 g/mol. The van der Waals surface area contributed by atoms with E-state index in [-0.39, 0.29) is 25.1 Å². The van der Waals surface area contributed by atoms with E-state index < -0.39 is 34.5 Å². The second-order valence-corrected chi connectivity index (χ2v) is 10.00. The number of carbonyl (C=O) groups is 1. The van der Waals surface area contributed by atoms with Crippen LogP contribution in [0.15, 0.2) is 6.20 Å². The molecule has 2 aromatic heterocycles. The normalized spacial score (nSPS) is 14.5. The Bertz CT molecular complexity index is 1060. The highest BCUT2D eigenvalue weighted by Crippen LogP contribution is 2.38. The van der Waals surface area contributed by atoms with Gasteiger partial charge in [-0.3, -0.25) is 13.7 Å². The number of nitrogens with zero attached hydrogens (tertiary/aromatic N) is 2. The number of hydrogen-bond acceptors (Lipinski definition) is 7. The molecule has 2 aromatic rings. The molecule has 0 bridgehead atoms. The second kappa shape index (κ2) is 9.17. The molecule has 3 N–H and O–H groups in total. The van der Waals surface area contributed by atoms with Gasteiger partial charge in [-0.05, 0) is 31.2 Å². The number of nitrogens with two attached hydrogens (primary N) is 1. The first-order valence-corrected chi connectivity index (χ1v) is 12.2. The minimum absolute atomic E-state index is 0.108. The van der Waals surface area contributed by atoms with Crippen LogP contribution in [0.25, 0.3) is 0 Å². The molecule has 0 saturated carbocycles. The van der Waals surface area contributed by atoms with Crippen molar-refractivity contribution in [3.05, 3.63) is 33.5 Å². The minimum atomic E-state index is -4.68. The van der Waals surface area contributed by atoms with Crippen molar-refractivity contribution in [2.24, 2.45) is 5.73 Å². The molecule has 31 heavy (non-hydrogen) atoms. The standard InChI is InChI=1S/C18H23F3N4O4S2/c1-31(27,28)29-9-6-11-10-25(24-15(11)18(19,20)21)8-7-23-17-14(16(22)26)12-4-2-3-5-13(12)30-17/h10,23H,2-9H2,1H3,(H2,22,26). The molecule has 1 amide bonds. The van der Waals surface area contributed by atoms with Crippen molar-refractivity contribution in [1.82, 2.24) is 9.78 Å². The molecule has 0 fully saturated rings. The highest BCUT2D eigenvalue weighted by atomic mass is 32.2. The SMILES string of the molecule is CS(=O)(=O)OCCc1cn(CCNc2sc3c(c2C(N)=O)CCCC3)nc1C(F)(F)F. The Morgan fingerprint density at radius 3 is 2.71 bits per heavy atom. The summed E-state index contributed by atoms with van der Waals surface area (Å²) in [5.74, 6) is -0.520. The summed E-state index contributed by atoms with van der Waals surface area (Å²) in [5.41, 5.74) is 5.75. The number of amides is 1. The maximum Gasteiger partial charge on any atom is 0.435 e. The average Bonchev–Trinajstić information content (AvgIpc) is 3.21. The van der Waals surface area contributed by atoms with Crippen LogP contribution in [0.1, 0.15) is 44.9 Å². The Balaban J connectivity index is 1.69. The number of alkyl halides is 3. The van der Waals surface area contributed by atoms with Crippen LogP contribution in [-0.4, -0.2) is 43.5 Å². The number of carbonyl (C=O) groups excluding carboxylic acids is 1. The van der Waals surface area contributed by atoms with Crippen LogP contribution in [0.4, 0.5) is 18.2 Å². The van der Waals surface area contributed by atoms with Gasteiger partial charge in [-0.1, -0.05) is 0 Å². The van der Waals surface area contributed by atoms with Gasteiger partial charge in [0.2, 0.25) is 0 Å². The largest absolute Gasteiger partial charge is 0.435 e. The molecule has 0 aliphatic heterocycles. The molecular weight excluding hydrogens is 457 g/mol. The molecule has 1 aliphatic rings. The van der Waals surface area contributed by atoms with E-state index in [1.165, 1.54) is 17.5 Å². The van der Waals surface area contributed by atoms with E-state index in [4.69, 9.17) is 5.73 Å². The number of thiophene rings is 1. The summed E-state index contributed by atoms with van der Waals surface area (Å²) in [6, 6.07) is 0. The van der Waals surface area contributed by atoms with Crippen molar-refractivity contribution in [2.45, 2.75) is 44.8 Å². The van der Waals surface area contributed by atoms with Gasteiger partial charge in [0.05, 0.1) is 25.0 Å². The molecule has 0 aromatic carbocycles. The lowest BCUT2D eigenvalue weighted by molar-refractivity contribution is -0.142. The molecular formula is C18H23F3N4O4S2. The number of hydrogen-bond donors (Lipinski definition) is 2. The Morgan fingerprint density at radius 1 is 1.35 bits per heavy atom. The summed E-state index contributed by atoms with van der Waals surface area (Å²) in [7, 11) is -3.75. The van der Waals surface area contributed by atoms with E-state index in [2.05, 4.69) is 14.6 Å². The number of halogens is 3. The van der Waals surface area contributed by atoms with Crippen molar-refractivity contribution in [2.75, 3.05) is 24.7 Å². The van der Waals surface area contributed by atoms with Gasteiger partial charge < -0.3 is 11.1 Å². The summed E-state index contributed by atoms with van der Waals surface area (Å²) in [6.07, 6.45) is 0.838. The van der Waals surface area contributed by atoms with Gasteiger partial charge in [0.25, 0.3) is 16.0 Å². The van der Waals surface area contributed by atoms with Crippen molar-refractivity contribution >= 4 is 32.4 Å². The Labute approximate surface area is 181 Å². The fourth-order valence-electron chi connectivity index (χ4n) is 3.54. The third kappa shape index (κ3) is 5.98. The fraction of sp³-hybridized carbons (Fsp3) is 0.556. The van der Waals surface area contributed by atoms with Crippen LogP contribution in [0.3, 0.4) is 0 Å². The van der Waals surface area contributed by atoms with E-state index >= 15 is 0 Å². The van der Waals surface area contributed by atoms with E-state index in [1.54, 1.807) is 0 Å². The van der Waals surface area contributed by atoms with Gasteiger partial charge in [0.15, 0.2) is 5.69 Å². The van der Waals surface area contributed by atoms with Crippen LogP contribution in [-0.2, 0) is 46.3 Å². The highest BCUT2D eigenvalue weighted by Gasteiger charge is 2.37. The summed E-state index contributed by atoms with van der Waals surface area (Å²) in [4.78, 5) is 13.0. The predicted octanol–water partition coefficient (Wildman–Crippen LogP) is 2.57. The van der Waals surface area contributed by atoms with Crippen LogP contribution in [0, 0.1) is 0 Å². The summed E-state index contributed by atoms with van der Waals surface area (Å²) < 4.78 is 67.6. The number of fused-ring (bicyclic) bond motifs is 1. The number of aryl methyl sites for hydroxylation is 1. The van der Waals surface area contributed by atoms with Crippen LogP contribution in [0.2, 0.25) is 0 Å². The highest BCUT2D eigenvalue weighted by molar-refractivity contribution is 7.85. The van der Waals surface area contributed by atoms with Gasteiger partial charge in [-0.15, -0.1) is 11.3 Å². The third-order valence-corrected chi connectivity index (χ3v) is 6.66. The van der Waals surface area contributed by atoms with Gasteiger partial charge in [-0.25, -0.2) is 0 Å². The minimum Gasteiger partial charge on any atom is -0.374 e. The lowest BCUT2D eigenvalue weighted by atomic mass is 9.95. The Morgan fingerprint density at radius 2 is 2.06 bits per heavy atom. The van der Waals surface area contributed by atoms with Crippen LogP contribution >= 0.6 is 11.3 Å². The molecule has 0 spiro atoms. The predicted molar refractivity (Wildman–Crippen MR) is 110 cm³/mol. The van der Waals surface area contributed by atoms with Crippen molar-refractivity contribution in [1.29, 1.82) is 0 Å². The quantitative estimate of drug-likeness (QED) is 0.533. The Kier molecular flexibility index (Phi) is 6.96. The number of primary amides is 1. The zero-order chi connectivity index (χ0) is 22.8. The summed E-state index contributed by atoms with van der Waals surface area (Å²) in [5, 5.41) is 7.34. The smallest absolute Gasteiger partial charge is 0.374 e. The van der Waals surface area contributed by atoms with E-state index in [0.717, 1.165) is 47.1 Å². The van der Waals surface area contributed by atoms with Gasteiger partial charge >= 0.3 is 6.18 Å². The monoisotopic (exact) mass is 480 g/mol. The van der Waals surface area contributed by atoms with Crippen molar-refractivity contribution in [3.63, 3.8) is 0 Å². The lowest BCUT2D eigenvalue weighted by Crippen LogP contribution is -2.18. The fourth-order valence-corrected chi connectivity index (χ4v) is 5.24. The maximum atomic E-state index is 13.3. The van der Waals surface area contributed by atoms with E-state index in [9.17, 15) is 26.4 Å². The molecule has 0 radical (unpaired) electrons. The Hall–Kier alpha value is -2.12. The van der Waals surface area contributed by atoms with Gasteiger partial charge in [0, 0.05) is 29.6 Å². The van der Waals surface area contributed by atoms with E-state index in [1.807, 2.05) is 0 Å². The molecule has 0 atom stereocenters. The lowest BCUT2D eigenvalue weighted by Gasteiger charge is -2.11. The van der Waals surface area contributed by atoms with Gasteiger partial charge in [0.1, 0.15) is 5.00 Å². The summed E-state index contributed by atoms with van der Waals surface area (Å²) >= 11 is 1.46. The molecule has 172 valence electrons. The van der Waals surface area contributed by atoms with Crippen LogP contribution in [0.5, 0.6) is 0 Å². The second-order valence-electron chi connectivity index (χ2n) is 7.25. The topological polar surface area (TPSA) is 116 Å². The molecule has 0 saturated heterocycles. The molecule has 3 rings (SSSR count). The molecule has 8 nitrogen and oxygen atoms in total. The summed E-state index contributed by atoms with van der Waals surface area (Å²) in [6.45, 7) is -0.0662. The van der Waals surface area contributed by atoms with Crippen molar-refractivity contribution < 1.29 is 30.6 Å². The first kappa shape index (κ1) is 23.5. The maximum absolute atomic E-state index is 13.3. The molecule has 13 heteroatoms. The van der Waals surface area contributed by atoms with Gasteiger partial charge in [-0.2, -0.15) is 26.7 Å². The number of nitrogens with one attached hydrogen (secondary N) is 1. The zero-order valence-electron chi connectivity index (χ0n) is 16.8. The van der Waals surface area contributed by atoms with Crippen molar-refractivity contribution in [3.8, 4) is 0 Å².